The van der Waals surface area contributed by atoms with Crippen LogP contribution in [0.5, 0.6) is 5.75 Å². The van der Waals surface area contributed by atoms with Gasteiger partial charge in [-0.05, 0) is 38.3 Å². The highest BCUT2D eigenvalue weighted by Gasteiger charge is 2.47. The van der Waals surface area contributed by atoms with Crippen molar-refractivity contribution in [1.29, 1.82) is 0 Å². The maximum absolute atomic E-state index is 11.6. The number of aryl methyl sites for hydroxylation is 1. The van der Waals surface area contributed by atoms with Crippen LogP contribution in [0.4, 0.5) is 0 Å². The Kier molecular flexibility index (Phi) is 6.59. The topological polar surface area (TPSA) is 87.0 Å². The van der Waals surface area contributed by atoms with Crippen LogP contribution in [-0.4, -0.2) is 33.2 Å². The summed E-state index contributed by atoms with van der Waals surface area (Å²) in [7, 11) is 0. The highest BCUT2D eigenvalue weighted by molar-refractivity contribution is 5.74. The summed E-state index contributed by atoms with van der Waals surface area (Å²) in [5.41, 5.74) is -0.380. The van der Waals surface area contributed by atoms with Gasteiger partial charge in [0.25, 0.3) is 0 Å². The second kappa shape index (κ2) is 7.79. The number of hydrogen-bond acceptors (Lipinski definition) is 4. The number of carboxylic acids is 1. The van der Waals surface area contributed by atoms with E-state index in [2.05, 4.69) is 0 Å². The van der Waals surface area contributed by atoms with Gasteiger partial charge in [-0.2, -0.15) is 0 Å². The van der Waals surface area contributed by atoms with E-state index >= 15 is 0 Å². The average Bonchev–Trinajstić information content (AvgIpc) is 2.49. The number of aliphatic hydroxyl groups is 2. The molecule has 5 heteroatoms. The predicted molar refractivity (Wildman–Crippen MR) is 88.3 cm³/mol. The Bertz CT molecular complexity index is 530. The highest BCUT2D eigenvalue weighted by atomic mass is 16.6. The zero-order valence-electron chi connectivity index (χ0n) is 14.4. The van der Waals surface area contributed by atoms with Crippen LogP contribution in [0.1, 0.15) is 52.0 Å². The first kappa shape index (κ1) is 19.5. The van der Waals surface area contributed by atoms with Crippen molar-refractivity contribution in [3.05, 3.63) is 29.8 Å². The van der Waals surface area contributed by atoms with Gasteiger partial charge >= 0.3 is 5.97 Å². The summed E-state index contributed by atoms with van der Waals surface area (Å²) in [6, 6.07) is 7.14. The second-order valence-corrected chi connectivity index (χ2v) is 6.41. The Morgan fingerprint density at radius 1 is 1.30 bits per heavy atom. The van der Waals surface area contributed by atoms with Gasteiger partial charge in [0.15, 0.2) is 0 Å². The molecule has 3 unspecified atom stereocenters. The summed E-state index contributed by atoms with van der Waals surface area (Å²) in [5.74, 6) is -2.53. The molecule has 0 aromatic heterocycles. The molecule has 0 saturated heterocycles. The average molecular weight is 324 g/mol. The quantitative estimate of drug-likeness (QED) is 0.608. The van der Waals surface area contributed by atoms with Crippen LogP contribution >= 0.6 is 0 Å². The van der Waals surface area contributed by atoms with Gasteiger partial charge in [-0.25, -0.2) is 0 Å². The minimum atomic E-state index is -1.95. The molecule has 0 saturated carbocycles. The normalized spacial score (nSPS) is 17.8. The van der Waals surface area contributed by atoms with E-state index in [1.54, 1.807) is 26.0 Å². The molecule has 3 atom stereocenters. The Balaban J connectivity index is 3.17. The van der Waals surface area contributed by atoms with E-state index in [4.69, 9.17) is 4.74 Å². The van der Waals surface area contributed by atoms with Crippen molar-refractivity contribution in [1.82, 2.24) is 0 Å². The Labute approximate surface area is 137 Å². The van der Waals surface area contributed by atoms with Gasteiger partial charge in [0.1, 0.15) is 11.9 Å². The molecule has 0 spiro atoms. The van der Waals surface area contributed by atoms with Gasteiger partial charge in [0.05, 0.1) is 5.41 Å². The van der Waals surface area contributed by atoms with E-state index in [-0.39, 0.29) is 6.42 Å². The lowest BCUT2D eigenvalue weighted by Crippen LogP contribution is -2.52. The molecule has 130 valence electrons. The molecular formula is C18H28O5. The molecule has 0 bridgehead atoms. The first-order valence-corrected chi connectivity index (χ1v) is 8.07. The molecule has 0 heterocycles. The van der Waals surface area contributed by atoms with E-state index in [1.165, 1.54) is 0 Å². The molecule has 3 N–H and O–H groups in total. The maximum Gasteiger partial charge on any atom is 0.309 e. The fraction of sp³-hybridized carbons (Fsp3) is 0.611. The number of aliphatic carboxylic acids is 1. The molecule has 0 fully saturated rings. The molecule has 5 nitrogen and oxygen atoms in total. The molecule has 0 aliphatic carbocycles. The Morgan fingerprint density at radius 2 is 1.91 bits per heavy atom. The van der Waals surface area contributed by atoms with Crippen molar-refractivity contribution in [2.24, 2.45) is 5.41 Å². The lowest BCUT2D eigenvalue weighted by atomic mass is 9.78. The largest absolute Gasteiger partial charge is 0.481 e. The first-order chi connectivity index (χ1) is 10.7. The molecule has 23 heavy (non-hydrogen) atoms. The van der Waals surface area contributed by atoms with Gasteiger partial charge in [-0.3, -0.25) is 4.79 Å². The Morgan fingerprint density at radius 3 is 2.39 bits per heavy atom. The predicted octanol–water partition coefficient (Wildman–Crippen LogP) is 3.11. The van der Waals surface area contributed by atoms with Crippen molar-refractivity contribution in [2.75, 3.05) is 0 Å². The first-order valence-electron chi connectivity index (χ1n) is 8.07. The monoisotopic (exact) mass is 324 g/mol. The summed E-state index contributed by atoms with van der Waals surface area (Å²) in [4.78, 5) is 11.6. The molecule has 1 rings (SSSR count). The minimum absolute atomic E-state index is 0.193. The van der Waals surface area contributed by atoms with Crippen molar-refractivity contribution in [2.45, 2.75) is 65.3 Å². The van der Waals surface area contributed by atoms with Crippen LogP contribution < -0.4 is 4.74 Å². The van der Waals surface area contributed by atoms with E-state index < -0.39 is 23.3 Å². The maximum atomic E-state index is 11.6. The number of hydrogen-bond donors (Lipinski definition) is 3. The molecular weight excluding hydrogens is 296 g/mol. The third kappa shape index (κ3) is 4.69. The zero-order valence-corrected chi connectivity index (χ0v) is 14.4. The molecule has 0 aliphatic rings. The number of benzene rings is 1. The van der Waals surface area contributed by atoms with Crippen molar-refractivity contribution in [3.63, 3.8) is 0 Å². The summed E-state index contributed by atoms with van der Waals surface area (Å²) in [5, 5.41) is 30.8. The summed E-state index contributed by atoms with van der Waals surface area (Å²) >= 11 is 0. The van der Waals surface area contributed by atoms with Crippen LogP contribution in [0.15, 0.2) is 24.3 Å². The molecule has 1 aromatic carbocycles. The molecule has 0 radical (unpaired) electrons. The van der Waals surface area contributed by atoms with Gasteiger partial charge in [-0.15, -0.1) is 0 Å². The summed E-state index contributed by atoms with van der Waals surface area (Å²) < 4.78 is 5.74. The highest BCUT2D eigenvalue weighted by Crippen LogP contribution is 2.37. The van der Waals surface area contributed by atoms with Crippen LogP contribution in [-0.2, 0) is 4.79 Å². The number of para-hydroxylation sites is 1. The number of carbonyl (C=O) groups is 1. The third-order valence-electron chi connectivity index (χ3n) is 4.40. The second-order valence-electron chi connectivity index (χ2n) is 6.41. The van der Waals surface area contributed by atoms with Gasteiger partial charge < -0.3 is 20.1 Å². The Hall–Kier alpha value is -1.59. The zero-order chi connectivity index (χ0) is 17.7. The van der Waals surface area contributed by atoms with E-state index in [1.807, 2.05) is 26.0 Å². The summed E-state index contributed by atoms with van der Waals surface area (Å²) in [6.07, 6.45) is -0.0716. The fourth-order valence-electron chi connectivity index (χ4n) is 2.49. The number of ether oxygens (including phenoxy) is 1. The molecule has 0 amide bonds. The molecule has 1 aromatic rings. The smallest absolute Gasteiger partial charge is 0.309 e. The van der Waals surface area contributed by atoms with E-state index in [9.17, 15) is 20.1 Å². The lowest BCUT2D eigenvalue weighted by Gasteiger charge is -2.39. The van der Waals surface area contributed by atoms with Crippen LogP contribution in [0.25, 0.3) is 0 Å². The van der Waals surface area contributed by atoms with Crippen LogP contribution in [0.3, 0.4) is 0 Å². The van der Waals surface area contributed by atoms with Gasteiger partial charge in [0.2, 0.25) is 5.79 Å². The van der Waals surface area contributed by atoms with Crippen molar-refractivity contribution < 1.29 is 24.9 Å². The van der Waals surface area contributed by atoms with E-state index in [0.717, 1.165) is 5.56 Å². The van der Waals surface area contributed by atoms with Crippen molar-refractivity contribution in [3.8, 4) is 5.75 Å². The third-order valence-corrected chi connectivity index (χ3v) is 4.40. The number of aliphatic hydroxyl groups excluding tert-OH is 1. The SMILES string of the molecule is CCCC(O)C(O)(CC(C)(CC)C(=O)O)Oc1ccccc1C. The van der Waals surface area contributed by atoms with E-state index in [0.29, 0.717) is 25.0 Å². The fourth-order valence-corrected chi connectivity index (χ4v) is 2.49. The minimum Gasteiger partial charge on any atom is -0.481 e. The number of rotatable bonds is 9. The molecule has 0 aliphatic heterocycles. The van der Waals surface area contributed by atoms with Crippen molar-refractivity contribution >= 4 is 5.97 Å². The number of carboxylic acid groups (broad SMARTS) is 1. The van der Waals surface area contributed by atoms with Gasteiger partial charge in [-0.1, -0.05) is 38.5 Å². The summed E-state index contributed by atoms with van der Waals surface area (Å²) in [6.45, 7) is 7.01. The lowest BCUT2D eigenvalue weighted by molar-refractivity contribution is -0.228. The van der Waals surface area contributed by atoms with Crippen LogP contribution in [0, 0.1) is 12.3 Å². The van der Waals surface area contributed by atoms with Crippen LogP contribution in [0.2, 0.25) is 0 Å². The van der Waals surface area contributed by atoms with Gasteiger partial charge in [0, 0.05) is 6.42 Å². The standard InChI is InChI=1S/C18H28O5/c1-5-9-15(19)18(22,12-17(4,6-2)16(20)21)23-14-11-8-7-10-13(14)3/h7-8,10-11,15,19,22H,5-6,9,12H2,1-4H3,(H,20,21).